The molecule has 4 N–H and O–H groups in total. The minimum atomic E-state index is -1.09. The Morgan fingerprint density at radius 3 is 1.41 bits per heavy atom. The Morgan fingerprint density at radius 1 is 0.615 bits per heavy atom. The Bertz CT molecular complexity index is 539. The van der Waals surface area contributed by atoms with Crippen LogP contribution >= 0.6 is 0 Å². The van der Waals surface area contributed by atoms with Crippen molar-refractivity contribution in [1.29, 1.82) is 0 Å². The minimum absolute atomic E-state index is 0.361. The van der Waals surface area contributed by atoms with Crippen molar-refractivity contribution in [2.75, 3.05) is 6.61 Å². The van der Waals surface area contributed by atoms with E-state index in [-0.39, 0.29) is 6.61 Å². The number of aliphatic hydroxyl groups excluding tert-OH is 3. The summed E-state index contributed by atoms with van der Waals surface area (Å²) in [7, 11) is 0. The van der Waals surface area contributed by atoms with E-state index in [1.165, 1.54) is 122 Å². The predicted octanol–water partition coefficient (Wildman–Crippen LogP) is 8.53. The first kappa shape index (κ1) is 38.1. The van der Waals surface area contributed by atoms with Gasteiger partial charge >= 0.3 is 0 Å². The summed E-state index contributed by atoms with van der Waals surface area (Å²) in [5.74, 6) is -0.505. The number of aliphatic hydroxyl groups is 3. The normalized spacial score (nSPS) is 14.1. The largest absolute Gasteiger partial charge is 0.394 e. The smallest absolute Gasteiger partial charge is 0.249 e. The van der Waals surface area contributed by atoms with Crippen molar-refractivity contribution in [3.05, 3.63) is 12.2 Å². The van der Waals surface area contributed by atoms with Gasteiger partial charge in [0.25, 0.3) is 0 Å². The summed E-state index contributed by atoms with van der Waals surface area (Å²) < 4.78 is 0. The van der Waals surface area contributed by atoms with Crippen LogP contribution in [0.15, 0.2) is 12.2 Å². The molecule has 0 saturated carbocycles. The van der Waals surface area contributed by atoms with Crippen LogP contribution < -0.4 is 5.32 Å². The summed E-state index contributed by atoms with van der Waals surface area (Å²) in [4.78, 5) is 12.3. The van der Waals surface area contributed by atoms with Gasteiger partial charge in [-0.2, -0.15) is 0 Å². The van der Waals surface area contributed by atoms with Crippen LogP contribution in [-0.2, 0) is 4.79 Å². The lowest BCUT2D eigenvalue weighted by Crippen LogP contribution is -2.48. The Kier molecular flexibility index (Phi) is 29.4. The maximum atomic E-state index is 12.3. The molecule has 0 aliphatic rings. The van der Waals surface area contributed by atoms with Crippen molar-refractivity contribution < 1.29 is 20.1 Å². The van der Waals surface area contributed by atoms with Gasteiger partial charge in [-0.25, -0.2) is 0 Å². The second-order valence-corrected chi connectivity index (χ2v) is 11.7. The molecule has 0 aromatic rings. The van der Waals surface area contributed by atoms with E-state index in [9.17, 15) is 20.1 Å². The highest BCUT2D eigenvalue weighted by Gasteiger charge is 2.22. The van der Waals surface area contributed by atoms with Gasteiger partial charge in [0.2, 0.25) is 5.91 Å². The van der Waals surface area contributed by atoms with Gasteiger partial charge < -0.3 is 20.6 Å². The molecule has 0 fully saturated rings. The molecular weight excluding hydrogens is 486 g/mol. The zero-order valence-electron chi connectivity index (χ0n) is 26.0. The molecule has 0 aliphatic carbocycles. The molecule has 0 radical (unpaired) electrons. The van der Waals surface area contributed by atoms with Crippen molar-refractivity contribution in [3.8, 4) is 0 Å². The van der Waals surface area contributed by atoms with E-state index in [1.54, 1.807) is 6.08 Å². The van der Waals surface area contributed by atoms with E-state index < -0.39 is 24.2 Å². The van der Waals surface area contributed by atoms with Crippen molar-refractivity contribution >= 4 is 5.91 Å². The molecule has 5 nitrogen and oxygen atoms in total. The van der Waals surface area contributed by atoms with Gasteiger partial charge in [0.15, 0.2) is 0 Å². The second-order valence-electron chi connectivity index (χ2n) is 11.7. The highest BCUT2D eigenvalue weighted by atomic mass is 16.3. The Morgan fingerprint density at radius 2 is 1.00 bits per heavy atom. The van der Waals surface area contributed by atoms with Gasteiger partial charge in [0.05, 0.1) is 18.8 Å². The maximum absolute atomic E-state index is 12.3. The molecule has 0 heterocycles. The van der Waals surface area contributed by atoms with E-state index in [1.807, 2.05) is 6.08 Å². The number of nitrogens with one attached hydrogen (secondary N) is 1. The fourth-order valence-electron chi connectivity index (χ4n) is 5.12. The Hall–Kier alpha value is -0.910. The monoisotopic (exact) mass is 554 g/mol. The highest BCUT2D eigenvalue weighted by Crippen LogP contribution is 2.15. The van der Waals surface area contributed by atoms with Gasteiger partial charge in [0.1, 0.15) is 6.10 Å². The molecule has 1 amide bonds. The molecule has 0 aromatic heterocycles. The molecule has 0 aromatic carbocycles. The average molecular weight is 554 g/mol. The molecule has 0 aliphatic heterocycles. The van der Waals surface area contributed by atoms with Gasteiger partial charge in [-0.05, 0) is 19.3 Å². The molecule has 0 rings (SSSR count). The van der Waals surface area contributed by atoms with Crippen LogP contribution in [-0.4, -0.2) is 46.1 Å². The van der Waals surface area contributed by atoms with Crippen LogP contribution in [0.3, 0.4) is 0 Å². The molecule has 3 unspecified atom stereocenters. The van der Waals surface area contributed by atoms with Crippen molar-refractivity contribution in [3.63, 3.8) is 0 Å². The zero-order chi connectivity index (χ0) is 28.8. The molecule has 0 bridgehead atoms. The van der Waals surface area contributed by atoms with Gasteiger partial charge in [-0.1, -0.05) is 167 Å². The van der Waals surface area contributed by atoms with Crippen molar-refractivity contribution in [1.82, 2.24) is 5.32 Å². The van der Waals surface area contributed by atoms with Gasteiger partial charge in [-0.15, -0.1) is 0 Å². The number of allylic oxidation sites excluding steroid dienone is 1. The number of unbranched alkanes of at least 4 members (excludes halogenated alkanes) is 22. The van der Waals surface area contributed by atoms with Crippen molar-refractivity contribution in [2.24, 2.45) is 0 Å². The fourth-order valence-corrected chi connectivity index (χ4v) is 5.12. The Balaban J connectivity index is 3.71. The highest BCUT2D eigenvalue weighted by molar-refractivity contribution is 5.80. The van der Waals surface area contributed by atoms with E-state index in [0.29, 0.717) is 6.42 Å². The third-order valence-electron chi connectivity index (χ3n) is 7.88. The quantitative estimate of drug-likeness (QED) is 0.0530. The fraction of sp³-hybridized carbons (Fsp3) is 0.912. The standard InChI is InChI=1S/C34H67NO4/c1-3-5-7-9-11-13-14-15-16-17-18-19-21-23-25-27-29-33(38)34(39)35-31(30-36)32(37)28-26-24-22-20-12-10-8-6-4-2/h26,28,31-33,36-38H,3-25,27,29-30H2,1-2H3,(H,35,39)/b28-26+. The maximum Gasteiger partial charge on any atom is 0.249 e. The third-order valence-corrected chi connectivity index (χ3v) is 7.88. The van der Waals surface area contributed by atoms with Crippen LogP contribution in [0.1, 0.15) is 174 Å². The first-order valence-electron chi connectivity index (χ1n) is 17.0. The predicted molar refractivity (Wildman–Crippen MR) is 167 cm³/mol. The van der Waals surface area contributed by atoms with E-state index in [4.69, 9.17) is 0 Å². The third kappa shape index (κ3) is 25.8. The van der Waals surface area contributed by atoms with E-state index >= 15 is 0 Å². The molecule has 39 heavy (non-hydrogen) atoms. The summed E-state index contributed by atoms with van der Waals surface area (Å²) in [6, 6.07) is -0.789. The van der Waals surface area contributed by atoms with Crippen LogP contribution in [0.5, 0.6) is 0 Å². The van der Waals surface area contributed by atoms with Crippen LogP contribution in [0.4, 0.5) is 0 Å². The number of carbonyl (C=O) groups excluding carboxylic acids is 1. The lowest BCUT2D eigenvalue weighted by molar-refractivity contribution is -0.131. The average Bonchev–Trinajstić information content (AvgIpc) is 2.94. The lowest BCUT2D eigenvalue weighted by atomic mass is 10.0. The number of hydrogen-bond acceptors (Lipinski definition) is 4. The Labute approximate surface area is 242 Å². The van der Waals surface area contributed by atoms with Crippen molar-refractivity contribution in [2.45, 2.75) is 193 Å². The molecule has 3 atom stereocenters. The molecule has 5 heteroatoms. The van der Waals surface area contributed by atoms with Gasteiger partial charge in [0, 0.05) is 0 Å². The summed E-state index contributed by atoms with van der Waals surface area (Å²) in [6.45, 7) is 4.13. The first-order valence-corrected chi connectivity index (χ1v) is 17.0. The summed E-state index contributed by atoms with van der Waals surface area (Å²) in [5.41, 5.74) is 0. The molecule has 0 spiro atoms. The minimum Gasteiger partial charge on any atom is -0.394 e. The molecule has 0 saturated heterocycles. The number of rotatable bonds is 30. The molecule has 232 valence electrons. The van der Waals surface area contributed by atoms with Crippen LogP contribution in [0.2, 0.25) is 0 Å². The second kappa shape index (κ2) is 30.1. The number of carbonyl (C=O) groups is 1. The van der Waals surface area contributed by atoms with E-state index in [0.717, 1.165) is 32.1 Å². The van der Waals surface area contributed by atoms with Crippen LogP contribution in [0, 0.1) is 0 Å². The summed E-state index contributed by atoms with van der Waals surface area (Å²) in [6.07, 6.45) is 32.3. The topological polar surface area (TPSA) is 89.8 Å². The molecular formula is C34H67NO4. The SMILES string of the molecule is CCCCCCCCC/C=C/C(O)C(CO)NC(=O)C(O)CCCCCCCCCCCCCCCCCC. The first-order chi connectivity index (χ1) is 19.1. The van der Waals surface area contributed by atoms with E-state index in [2.05, 4.69) is 19.2 Å². The summed E-state index contributed by atoms with van der Waals surface area (Å²) in [5, 5.41) is 32.8. The van der Waals surface area contributed by atoms with Crippen LogP contribution in [0.25, 0.3) is 0 Å². The number of amides is 1. The lowest BCUT2D eigenvalue weighted by Gasteiger charge is -2.21. The summed E-state index contributed by atoms with van der Waals surface area (Å²) >= 11 is 0. The van der Waals surface area contributed by atoms with Gasteiger partial charge in [-0.3, -0.25) is 4.79 Å². The zero-order valence-corrected chi connectivity index (χ0v) is 26.0. The number of hydrogen-bond donors (Lipinski definition) is 4.